The standard InChI is InChI=1S/C96H60N6/c1-4-23-67(24-5-1)97-85-34-15-10-29-73(85)79-54-63(40-47-90(79)97)61-21-20-22-62(53-61)64-41-48-91-80(55-64)74-30-11-17-36-87(74)101(91)72-44-51-94-84(60-72)78-46-39-66(57-96(78)99(94)69-27-8-3-9-28-69)65-42-49-92-81(56-65)75-31-12-18-37-88(75)100(92)70-45-52-95-83(59-70)77-33-14-19-38-89(77)102(95)71-43-50-93-82(58-71)76-32-13-16-35-86(76)98(93)68-25-6-2-7-26-68/h1-60H. The lowest BCUT2D eigenvalue weighted by molar-refractivity contribution is 1.16. The Balaban J connectivity index is 0.632. The third kappa shape index (κ3) is 8.35. The minimum Gasteiger partial charge on any atom is -0.309 e. The predicted molar refractivity (Wildman–Crippen MR) is 429 cm³/mol. The Morgan fingerprint density at radius 3 is 0.667 bits per heavy atom. The van der Waals surface area contributed by atoms with E-state index in [1.165, 1.54) is 148 Å². The second-order valence-electron chi connectivity index (χ2n) is 27.2. The third-order valence-corrected chi connectivity index (χ3v) is 21.8. The topological polar surface area (TPSA) is 29.6 Å². The van der Waals surface area contributed by atoms with Crippen molar-refractivity contribution < 1.29 is 0 Å². The van der Waals surface area contributed by atoms with Gasteiger partial charge in [0.15, 0.2) is 0 Å². The van der Waals surface area contributed by atoms with Crippen LogP contribution in [0.4, 0.5) is 0 Å². The normalized spacial score (nSPS) is 12.1. The van der Waals surface area contributed by atoms with Crippen LogP contribution in [-0.2, 0) is 0 Å². The Labute approximate surface area is 586 Å². The molecule has 6 nitrogen and oxygen atoms in total. The predicted octanol–water partition coefficient (Wildman–Crippen LogP) is 25.3. The molecule has 0 N–H and O–H groups in total. The fourth-order valence-corrected chi connectivity index (χ4v) is 17.3. The maximum Gasteiger partial charge on any atom is 0.0547 e. The van der Waals surface area contributed by atoms with E-state index in [1.54, 1.807) is 0 Å². The molecule has 6 heteroatoms. The molecule has 6 aromatic heterocycles. The van der Waals surface area contributed by atoms with Crippen molar-refractivity contribution in [3.63, 3.8) is 0 Å². The number of hydrogen-bond acceptors (Lipinski definition) is 0. The second-order valence-corrected chi connectivity index (χ2v) is 27.2. The summed E-state index contributed by atoms with van der Waals surface area (Å²) in [5.74, 6) is 0. The van der Waals surface area contributed by atoms with E-state index >= 15 is 0 Å². The SMILES string of the molecule is c1ccc(-n2c3ccccc3c3cc(-c4cccc(-c5ccc6c(c5)c5ccccc5n6-c5ccc6c(c5)c5ccc(-c7ccc8c(c7)c7ccccc7n8-c7ccc8c(c7)c7ccccc7n8-c7ccc8c(c7)c7ccccc7n8-c7ccccc7)cc5n6-c5ccccc5)c4)ccc32)cc1. The Hall–Kier alpha value is -13.7. The summed E-state index contributed by atoms with van der Waals surface area (Å²) in [4.78, 5) is 0. The van der Waals surface area contributed by atoms with E-state index in [0.717, 1.165) is 50.7 Å². The van der Waals surface area contributed by atoms with Crippen molar-refractivity contribution in [3.05, 3.63) is 364 Å². The van der Waals surface area contributed by atoms with Gasteiger partial charge in [-0.05, 0) is 203 Å². The minimum atomic E-state index is 1.12. The van der Waals surface area contributed by atoms with Crippen molar-refractivity contribution in [2.45, 2.75) is 0 Å². The molecule has 16 aromatic carbocycles. The molecule has 0 aliphatic rings. The van der Waals surface area contributed by atoms with Crippen LogP contribution in [0.3, 0.4) is 0 Å². The van der Waals surface area contributed by atoms with E-state index in [1.807, 2.05) is 0 Å². The van der Waals surface area contributed by atoms with Gasteiger partial charge in [0.05, 0.1) is 66.2 Å². The third-order valence-electron chi connectivity index (χ3n) is 21.8. The highest BCUT2D eigenvalue weighted by Gasteiger charge is 2.23. The van der Waals surface area contributed by atoms with E-state index in [0.29, 0.717) is 0 Å². The zero-order valence-electron chi connectivity index (χ0n) is 55.3. The molecule has 0 atom stereocenters. The summed E-state index contributed by atoms with van der Waals surface area (Å²) < 4.78 is 14.6. The molecule has 102 heavy (non-hydrogen) atoms. The van der Waals surface area contributed by atoms with E-state index in [4.69, 9.17) is 0 Å². The summed E-state index contributed by atoms with van der Waals surface area (Å²) in [5, 5.41) is 14.7. The summed E-state index contributed by atoms with van der Waals surface area (Å²) in [5.41, 5.74) is 28.1. The summed E-state index contributed by atoms with van der Waals surface area (Å²) in [6.07, 6.45) is 0. The highest BCUT2D eigenvalue weighted by Crippen LogP contribution is 2.45. The molecule has 0 saturated heterocycles. The monoisotopic (exact) mass is 1300 g/mol. The van der Waals surface area contributed by atoms with E-state index in [-0.39, 0.29) is 0 Å². The molecule has 474 valence electrons. The lowest BCUT2D eigenvalue weighted by atomic mass is 9.97. The highest BCUT2D eigenvalue weighted by molar-refractivity contribution is 6.17. The van der Waals surface area contributed by atoms with E-state index in [2.05, 4.69) is 391 Å². The molecular weight excluding hydrogens is 1240 g/mol. The van der Waals surface area contributed by atoms with Gasteiger partial charge in [0, 0.05) is 98.8 Å². The molecule has 0 fully saturated rings. The molecule has 0 aliphatic carbocycles. The van der Waals surface area contributed by atoms with Gasteiger partial charge < -0.3 is 27.4 Å². The van der Waals surface area contributed by atoms with Crippen LogP contribution in [0, 0.1) is 0 Å². The van der Waals surface area contributed by atoms with Crippen LogP contribution in [0.15, 0.2) is 364 Å². The molecule has 22 aromatic rings. The average Bonchev–Trinajstić information content (AvgIpc) is 1.58. The molecule has 0 spiro atoms. The lowest BCUT2D eigenvalue weighted by Crippen LogP contribution is -1.96. The summed E-state index contributed by atoms with van der Waals surface area (Å²) >= 11 is 0. The molecule has 0 aliphatic heterocycles. The summed E-state index contributed by atoms with van der Waals surface area (Å²) in [6, 6.07) is 135. The Morgan fingerprint density at radius 2 is 0.333 bits per heavy atom. The van der Waals surface area contributed by atoms with Crippen molar-refractivity contribution in [2.24, 2.45) is 0 Å². The summed E-state index contributed by atoms with van der Waals surface area (Å²) in [6.45, 7) is 0. The van der Waals surface area contributed by atoms with Crippen LogP contribution < -0.4 is 0 Å². The van der Waals surface area contributed by atoms with Gasteiger partial charge in [-0.2, -0.15) is 0 Å². The Morgan fingerprint density at radius 1 is 0.108 bits per heavy atom. The molecule has 0 radical (unpaired) electrons. The van der Waals surface area contributed by atoms with Crippen LogP contribution >= 0.6 is 0 Å². The maximum atomic E-state index is 2.46. The number of rotatable bonds is 9. The molecule has 0 saturated carbocycles. The van der Waals surface area contributed by atoms with Crippen LogP contribution in [-0.4, -0.2) is 27.4 Å². The van der Waals surface area contributed by atoms with Gasteiger partial charge in [0.25, 0.3) is 0 Å². The fraction of sp³-hybridized carbons (Fsp3) is 0. The lowest BCUT2D eigenvalue weighted by Gasteiger charge is -2.12. The highest BCUT2D eigenvalue weighted by atomic mass is 15.0. The second kappa shape index (κ2) is 21.9. The first-order valence-electron chi connectivity index (χ1n) is 35.1. The van der Waals surface area contributed by atoms with Crippen molar-refractivity contribution in [1.82, 2.24) is 27.4 Å². The molecule has 0 bridgehead atoms. The van der Waals surface area contributed by atoms with E-state index < -0.39 is 0 Å². The Bertz CT molecular complexity index is 7230. The van der Waals surface area contributed by atoms with Crippen molar-refractivity contribution in [3.8, 4) is 67.5 Å². The number of benzene rings is 16. The average molecular weight is 1300 g/mol. The molecule has 6 heterocycles. The van der Waals surface area contributed by atoms with Crippen LogP contribution in [0.5, 0.6) is 0 Å². The van der Waals surface area contributed by atoms with Crippen molar-refractivity contribution in [1.29, 1.82) is 0 Å². The molecule has 0 amide bonds. The zero-order valence-corrected chi connectivity index (χ0v) is 55.3. The largest absolute Gasteiger partial charge is 0.309 e. The van der Waals surface area contributed by atoms with Gasteiger partial charge in [-0.3, -0.25) is 0 Å². The quantitative estimate of drug-likeness (QED) is 0.138. The maximum absolute atomic E-state index is 2.46. The van der Waals surface area contributed by atoms with Gasteiger partial charge in [0.1, 0.15) is 0 Å². The molecule has 22 rings (SSSR count). The first-order valence-corrected chi connectivity index (χ1v) is 35.1. The van der Waals surface area contributed by atoms with Crippen molar-refractivity contribution >= 4 is 131 Å². The smallest absolute Gasteiger partial charge is 0.0547 e. The minimum absolute atomic E-state index is 1.12. The van der Waals surface area contributed by atoms with Gasteiger partial charge >= 0.3 is 0 Å². The zero-order chi connectivity index (χ0) is 66.7. The van der Waals surface area contributed by atoms with E-state index in [9.17, 15) is 0 Å². The number of para-hydroxylation sites is 8. The van der Waals surface area contributed by atoms with Gasteiger partial charge in [-0.25, -0.2) is 0 Å². The van der Waals surface area contributed by atoms with Crippen LogP contribution in [0.1, 0.15) is 0 Å². The van der Waals surface area contributed by atoms with Crippen molar-refractivity contribution in [2.75, 3.05) is 0 Å². The molecular formula is C96H60N6. The first-order chi connectivity index (χ1) is 50.6. The van der Waals surface area contributed by atoms with Crippen LogP contribution in [0.2, 0.25) is 0 Å². The first kappa shape index (κ1) is 56.3. The summed E-state index contributed by atoms with van der Waals surface area (Å²) in [7, 11) is 0. The number of fused-ring (bicyclic) bond motifs is 18. The number of aromatic nitrogens is 6. The number of hydrogen-bond donors (Lipinski definition) is 0. The van der Waals surface area contributed by atoms with Gasteiger partial charge in [-0.1, -0.05) is 194 Å². The Kier molecular flexibility index (Phi) is 12.1. The number of nitrogens with zero attached hydrogens (tertiary/aromatic N) is 6. The van der Waals surface area contributed by atoms with Gasteiger partial charge in [0.2, 0.25) is 0 Å². The fourth-order valence-electron chi connectivity index (χ4n) is 17.3. The van der Waals surface area contributed by atoms with Gasteiger partial charge in [-0.15, -0.1) is 0 Å². The van der Waals surface area contributed by atoms with Crippen LogP contribution in [0.25, 0.3) is 198 Å². The molecule has 0 unspecified atom stereocenters.